The van der Waals surface area contributed by atoms with Crippen molar-refractivity contribution < 1.29 is 0 Å². The lowest BCUT2D eigenvalue weighted by Crippen LogP contribution is -2.24. The van der Waals surface area contributed by atoms with E-state index >= 15 is 0 Å². The van der Waals surface area contributed by atoms with Crippen LogP contribution in [0, 0.1) is 12.3 Å². The fourth-order valence-electron chi connectivity index (χ4n) is 1.84. The zero-order valence-corrected chi connectivity index (χ0v) is 10.5. The Bertz CT molecular complexity index is 157. The maximum absolute atomic E-state index is 5.30. The third-order valence-electron chi connectivity index (χ3n) is 2.93. The fourth-order valence-corrected chi connectivity index (χ4v) is 1.84. The second kappa shape index (κ2) is 11.6. The standard InChI is InChI=1S/C14H27N/c1-4-6-7-8-9-10-11-13-14(15-3)12-5-2/h2,14-15H,4,6-13H2,1,3H3. The van der Waals surface area contributed by atoms with Gasteiger partial charge in [0.15, 0.2) is 0 Å². The largest absolute Gasteiger partial charge is 0.316 e. The molecule has 0 aliphatic heterocycles. The molecular formula is C14H27N. The maximum Gasteiger partial charge on any atom is 0.0240 e. The lowest BCUT2D eigenvalue weighted by atomic mass is 10.0. The molecule has 15 heavy (non-hydrogen) atoms. The molecule has 0 aromatic carbocycles. The molecular weight excluding hydrogens is 182 g/mol. The van der Waals surface area contributed by atoms with Gasteiger partial charge in [0.1, 0.15) is 0 Å². The lowest BCUT2D eigenvalue weighted by molar-refractivity contribution is 0.488. The first-order valence-corrected chi connectivity index (χ1v) is 6.45. The Balaban J connectivity index is 3.18. The molecule has 0 bridgehead atoms. The molecule has 1 atom stereocenters. The molecule has 0 aromatic rings. The number of rotatable bonds is 10. The molecule has 0 heterocycles. The Hall–Kier alpha value is -0.480. The summed E-state index contributed by atoms with van der Waals surface area (Å²) in [5.74, 6) is 2.73. The molecule has 1 heteroatoms. The molecule has 88 valence electrons. The van der Waals surface area contributed by atoms with E-state index in [1.54, 1.807) is 0 Å². The van der Waals surface area contributed by atoms with E-state index in [1.165, 1.54) is 51.4 Å². The van der Waals surface area contributed by atoms with E-state index in [1.807, 2.05) is 7.05 Å². The summed E-state index contributed by atoms with van der Waals surface area (Å²) in [4.78, 5) is 0. The van der Waals surface area contributed by atoms with Crippen molar-refractivity contribution in [2.24, 2.45) is 0 Å². The minimum Gasteiger partial charge on any atom is -0.316 e. The minimum absolute atomic E-state index is 0.533. The van der Waals surface area contributed by atoms with Crippen LogP contribution in [-0.2, 0) is 0 Å². The van der Waals surface area contributed by atoms with Crippen LogP contribution in [0.15, 0.2) is 0 Å². The number of terminal acetylenes is 1. The molecule has 0 radical (unpaired) electrons. The molecule has 0 aliphatic rings. The molecule has 0 saturated heterocycles. The first-order valence-electron chi connectivity index (χ1n) is 6.45. The van der Waals surface area contributed by atoms with Crippen LogP contribution in [0.4, 0.5) is 0 Å². The van der Waals surface area contributed by atoms with Gasteiger partial charge >= 0.3 is 0 Å². The van der Waals surface area contributed by atoms with Gasteiger partial charge in [-0.2, -0.15) is 0 Å². The Morgan fingerprint density at radius 3 is 2.20 bits per heavy atom. The van der Waals surface area contributed by atoms with Gasteiger partial charge in [-0.3, -0.25) is 0 Å². The Kier molecular flexibility index (Phi) is 11.2. The van der Waals surface area contributed by atoms with Gasteiger partial charge in [0.2, 0.25) is 0 Å². The highest BCUT2D eigenvalue weighted by Gasteiger charge is 2.02. The third-order valence-corrected chi connectivity index (χ3v) is 2.93. The third kappa shape index (κ3) is 9.82. The van der Waals surface area contributed by atoms with Crippen LogP contribution in [0.3, 0.4) is 0 Å². The van der Waals surface area contributed by atoms with Gasteiger partial charge in [0.05, 0.1) is 0 Å². The molecule has 0 amide bonds. The molecule has 0 aromatic heterocycles. The van der Waals surface area contributed by atoms with Crippen LogP contribution >= 0.6 is 0 Å². The van der Waals surface area contributed by atoms with Crippen molar-refractivity contribution in [3.8, 4) is 12.3 Å². The highest BCUT2D eigenvalue weighted by Crippen LogP contribution is 2.10. The predicted octanol–water partition coefficient (Wildman–Crippen LogP) is 3.74. The monoisotopic (exact) mass is 209 g/mol. The zero-order chi connectivity index (χ0) is 11.4. The van der Waals surface area contributed by atoms with Crippen molar-refractivity contribution in [1.82, 2.24) is 5.32 Å². The van der Waals surface area contributed by atoms with Crippen molar-refractivity contribution in [2.75, 3.05) is 7.05 Å². The predicted molar refractivity (Wildman–Crippen MR) is 68.9 cm³/mol. The molecule has 1 nitrogen and oxygen atoms in total. The van der Waals surface area contributed by atoms with Crippen LogP contribution in [0.25, 0.3) is 0 Å². The van der Waals surface area contributed by atoms with Gasteiger partial charge in [-0.25, -0.2) is 0 Å². The van der Waals surface area contributed by atoms with E-state index in [9.17, 15) is 0 Å². The number of hydrogen-bond acceptors (Lipinski definition) is 1. The highest BCUT2D eigenvalue weighted by atomic mass is 14.9. The van der Waals surface area contributed by atoms with Gasteiger partial charge in [0.25, 0.3) is 0 Å². The second-order valence-corrected chi connectivity index (χ2v) is 4.30. The highest BCUT2D eigenvalue weighted by molar-refractivity contribution is 4.89. The summed E-state index contributed by atoms with van der Waals surface area (Å²) in [6, 6.07) is 0.533. The van der Waals surface area contributed by atoms with Gasteiger partial charge in [-0.05, 0) is 13.5 Å². The van der Waals surface area contributed by atoms with Crippen LogP contribution < -0.4 is 5.32 Å². The molecule has 1 N–H and O–H groups in total. The van der Waals surface area contributed by atoms with E-state index in [-0.39, 0.29) is 0 Å². The van der Waals surface area contributed by atoms with E-state index in [0.29, 0.717) is 6.04 Å². The quantitative estimate of drug-likeness (QED) is 0.427. The van der Waals surface area contributed by atoms with Crippen molar-refractivity contribution in [1.29, 1.82) is 0 Å². The average molecular weight is 209 g/mol. The van der Waals surface area contributed by atoms with Crippen LogP contribution in [0.1, 0.15) is 64.7 Å². The van der Waals surface area contributed by atoms with Crippen molar-refractivity contribution in [3.63, 3.8) is 0 Å². The van der Waals surface area contributed by atoms with Crippen molar-refractivity contribution in [3.05, 3.63) is 0 Å². The lowest BCUT2D eigenvalue weighted by Gasteiger charge is -2.12. The van der Waals surface area contributed by atoms with E-state index < -0.39 is 0 Å². The molecule has 1 unspecified atom stereocenters. The average Bonchev–Trinajstić information content (AvgIpc) is 2.26. The van der Waals surface area contributed by atoms with Gasteiger partial charge in [-0.1, -0.05) is 51.9 Å². The SMILES string of the molecule is C#CCC(CCCCCCCCC)NC. The second-order valence-electron chi connectivity index (χ2n) is 4.30. The first-order chi connectivity index (χ1) is 7.35. The van der Waals surface area contributed by atoms with Crippen LogP contribution in [0.5, 0.6) is 0 Å². The molecule has 0 spiro atoms. The van der Waals surface area contributed by atoms with Gasteiger partial charge in [-0.15, -0.1) is 12.3 Å². The maximum atomic E-state index is 5.30. The molecule has 0 saturated carbocycles. The first kappa shape index (κ1) is 14.5. The number of nitrogens with one attached hydrogen (secondary N) is 1. The van der Waals surface area contributed by atoms with E-state index in [4.69, 9.17) is 6.42 Å². The van der Waals surface area contributed by atoms with Gasteiger partial charge in [0, 0.05) is 12.5 Å². The van der Waals surface area contributed by atoms with Crippen LogP contribution in [0.2, 0.25) is 0 Å². The summed E-state index contributed by atoms with van der Waals surface area (Å²) < 4.78 is 0. The number of unbranched alkanes of at least 4 members (excludes halogenated alkanes) is 6. The van der Waals surface area contributed by atoms with Crippen LogP contribution in [-0.4, -0.2) is 13.1 Å². The summed E-state index contributed by atoms with van der Waals surface area (Å²) >= 11 is 0. The summed E-state index contributed by atoms with van der Waals surface area (Å²) in [6.07, 6.45) is 17.0. The Morgan fingerprint density at radius 2 is 1.67 bits per heavy atom. The summed E-state index contributed by atoms with van der Waals surface area (Å²) in [5.41, 5.74) is 0. The summed E-state index contributed by atoms with van der Waals surface area (Å²) in [7, 11) is 2.00. The van der Waals surface area contributed by atoms with Crippen molar-refractivity contribution >= 4 is 0 Å². The van der Waals surface area contributed by atoms with Gasteiger partial charge < -0.3 is 5.32 Å². The number of hydrogen-bond donors (Lipinski definition) is 1. The topological polar surface area (TPSA) is 12.0 Å². The van der Waals surface area contributed by atoms with E-state index in [2.05, 4.69) is 18.2 Å². The molecule has 0 rings (SSSR count). The summed E-state index contributed by atoms with van der Waals surface area (Å²) in [5, 5.41) is 3.27. The van der Waals surface area contributed by atoms with E-state index in [0.717, 1.165) is 6.42 Å². The Morgan fingerprint density at radius 1 is 1.07 bits per heavy atom. The minimum atomic E-state index is 0.533. The smallest absolute Gasteiger partial charge is 0.0240 e. The van der Waals surface area contributed by atoms with Crippen molar-refractivity contribution in [2.45, 2.75) is 70.8 Å². The summed E-state index contributed by atoms with van der Waals surface area (Å²) in [6.45, 7) is 2.26. The molecule has 0 aliphatic carbocycles. The zero-order valence-electron chi connectivity index (χ0n) is 10.5. The normalized spacial score (nSPS) is 12.3. The molecule has 0 fully saturated rings. The Labute approximate surface area is 96.0 Å². The fraction of sp³-hybridized carbons (Fsp3) is 0.857.